The van der Waals surface area contributed by atoms with Gasteiger partial charge in [-0.15, -0.1) is 0 Å². The molecule has 0 saturated carbocycles. The summed E-state index contributed by atoms with van der Waals surface area (Å²) in [4.78, 5) is 11.8. The molecule has 1 atom stereocenters. The molecule has 0 aromatic heterocycles. The molecule has 0 aliphatic heterocycles. The Balaban J connectivity index is 2.76. The van der Waals surface area contributed by atoms with Crippen molar-refractivity contribution in [3.63, 3.8) is 0 Å². The molecule has 1 aromatic rings. The lowest BCUT2D eigenvalue weighted by atomic mass is 10.1. The van der Waals surface area contributed by atoms with Crippen molar-refractivity contribution in [3.05, 3.63) is 35.4 Å². The standard InChI is InChI=1S/C13H13N3O/c1-2-12(6-7-14)16-13(17)11-5-3-4-10(8-11)9-15/h3-5,8,12H,2,6H2,1H3,(H,16,17). The van der Waals surface area contributed by atoms with Gasteiger partial charge in [0.2, 0.25) is 0 Å². The number of amides is 1. The van der Waals surface area contributed by atoms with E-state index in [1.165, 1.54) is 6.07 Å². The van der Waals surface area contributed by atoms with Gasteiger partial charge in [0.15, 0.2) is 0 Å². The fourth-order valence-corrected chi connectivity index (χ4v) is 1.41. The van der Waals surface area contributed by atoms with Gasteiger partial charge in [-0.05, 0) is 24.6 Å². The maximum Gasteiger partial charge on any atom is 0.251 e. The first-order valence-electron chi connectivity index (χ1n) is 5.39. The molecule has 1 N–H and O–H groups in total. The van der Waals surface area contributed by atoms with Gasteiger partial charge >= 0.3 is 0 Å². The quantitative estimate of drug-likeness (QED) is 0.854. The Kier molecular flexibility index (Phi) is 4.72. The van der Waals surface area contributed by atoms with Crippen molar-refractivity contribution >= 4 is 5.91 Å². The minimum Gasteiger partial charge on any atom is -0.348 e. The minimum absolute atomic E-state index is 0.141. The first kappa shape index (κ1) is 12.7. The minimum atomic E-state index is -0.246. The number of benzene rings is 1. The summed E-state index contributed by atoms with van der Waals surface area (Å²) in [7, 11) is 0. The third kappa shape index (κ3) is 3.62. The molecule has 0 spiro atoms. The number of nitrogens with one attached hydrogen (secondary N) is 1. The molecule has 0 fully saturated rings. The monoisotopic (exact) mass is 227 g/mol. The molecule has 0 saturated heterocycles. The second kappa shape index (κ2) is 6.30. The molecule has 1 aromatic carbocycles. The summed E-state index contributed by atoms with van der Waals surface area (Å²) in [5, 5.41) is 20.1. The molecule has 0 bridgehead atoms. The first-order valence-corrected chi connectivity index (χ1v) is 5.39. The number of hydrogen-bond acceptors (Lipinski definition) is 3. The third-order valence-electron chi connectivity index (χ3n) is 2.42. The van der Waals surface area contributed by atoms with E-state index in [0.29, 0.717) is 24.0 Å². The van der Waals surface area contributed by atoms with Crippen molar-refractivity contribution in [3.8, 4) is 12.1 Å². The van der Waals surface area contributed by atoms with Crippen LogP contribution in [0.3, 0.4) is 0 Å². The van der Waals surface area contributed by atoms with Crippen LogP contribution in [0.1, 0.15) is 35.7 Å². The Morgan fingerprint density at radius 2 is 2.24 bits per heavy atom. The lowest BCUT2D eigenvalue weighted by molar-refractivity contribution is 0.0936. The molecule has 1 rings (SSSR count). The van der Waals surface area contributed by atoms with E-state index in [0.717, 1.165) is 0 Å². The summed E-state index contributed by atoms with van der Waals surface area (Å²) < 4.78 is 0. The van der Waals surface area contributed by atoms with E-state index in [9.17, 15) is 4.79 Å². The van der Waals surface area contributed by atoms with E-state index in [-0.39, 0.29) is 11.9 Å². The highest BCUT2D eigenvalue weighted by Gasteiger charge is 2.11. The third-order valence-corrected chi connectivity index (χ3v) is 2.42. The Bertz CT molecular complexity index is 482. The molecular weight excluding hydrogens is 214 g/mol. The van der Waals surface area contributed by atoms with Crippen molar-refractivity contribution in [2.75, 3.05) is 0 Å². The van der Waals surface area contributed by atoms with Gasteiger partial charge in [-0.25, -0.2) is 0 Å². The fraction of sp³-hybridized carbons (Fsp3) is 0.308. The normalized spacial score (nSPS) is 11.0. The molecule has 0 aliphatic rings. The predicted octanol–water partition coefficient (Wildman–Crippen LogP) is 1.98. The average molecular weight is 227 g/mol. The number of rotatable bonds is 4. The van der Waals surface area contributed by atoms with E-state index in [1.54, 1.807) is 18.2 Å². The number of nitrogens with zero attached hydrogens (tertiary/aromatic N) is 2. The van der Waals surface area contributed by atoms with E-state index in [2.05, 4.69) is 5.32 Å². The fourth-order valence-electron chi connectivity index (χ4n) is 1.41. The summed E-state index contributed by atoms with van der Waals surface area (Å²) >= 11 is 0. The van der Waals surface area contributed by atoms with Gasteiger partial charge in [0.05, 0.1) is 24.1 Å². The van der Waals surface area contributed by atoms with E-state index < -0.39 is 0 Å². The van der Waals surface area contributed by atoms with Crippen LogP contribution in [0.4, 0.5) is 0 Å². The van der Waals surface area contributed by atoms with Crippen LogP contribution in [0.5, 0.6) is 0 Å². The van der Waals surface area contributed by atoms with Crippen LogP contribution < -0.4 is 5.32 Å². The van der Waals surface area contributed by atoms with Crippen LogP contribution in [0.2, 0.25) is 0 Å². The van der Waals surface area contributed by atoms with Crippen LogP contribution in [0.25, 0.3) is 0 Å². The SMILES string of the molecule is CCC(CC#N)NC(=O)c1cccc(C#N)c1. The molecule has 1 amide bonds. The molecule has 0 heterocycles. The first-order chi connectivity index (χ1) is 8.21. The van der Waals surface area contributed by atoms with Crippen LogP contribution >= 0.6 is 0 Å². The molecule has 86 valence electrons. The van der Waals surface area contributed by atoms with Gasteiger partial charge in [-0.3, -0.25) is 4.79 Å². The summed E-state index contributed by atoms with van der Waals surface area (Å²) in [6.07, 6.45) is 0.997. The maximum absolute atomic E-state index is 11.8. The number of carbonyl (C=O) groups is 1. The molecule has 1 unspecified atom stereocenters. The molecule has 17 heavy (non-hydrogen) atoms. The Morgan fingerprint density at radius 1 is 1.47 bits per heavy atom. The maximum atomic E-state index is 11.8. The summed E-state index contributed by atoms with van der Waals surface area (Å²) in [6.45, 7) is 1.91. The van der Waals surface area contributed by atoms with E-state index >= 15 is 0 Å². The van der Waals surface area contributed by atoms with Crippen molar-refractivity contribution < 1.29 is 4.79 Å². The highest BCUT2D eigenvalue weighted by Crippen LogP contribution is 2.05. The number of nitriles is 2. The van der Waals surface area contributed by atoms with E-state index in [1.807, 2.05) is 19.1 Å². The summed E-state index contributed by atoms with van der Waals surface area (Å²) in [6, 6.07) is 10.4. The second-order valence-corrected chi connectivity index (χ2v) is 3.63. The van der Waals surface area contributed by atoms with Crippen molar-refractivity contribution in [1.29, 1.82) is 10.5 Å². The topological polar surface area (TPSA) is 76.7 Å². The van der Waals surface area contributed by atoms with Crippen LogP contribution in [0.15, 0.2) is 24.3 Å². The summed E-state index contributed by atoms with van der Waals surface area (Å²) in [5.74, 6) is -0.246. The number of carbonyl (C=O) groups excluding carboxylic acids is 1. The van der Waals surface area contributed by atoms with Crippen molar-refractivity contribution in [2.24, 2.45) is 0 Å². The lowest BCUT2D eigenvalue weighted by Gasteiger charge is -2.13. The van der Waals surface area contributed by atoms with Crippen molar-refractivity contribution in [2.45, 2.75) is 25.8 Å². The zero-order valence-electron chi connectivity index (χ0n) is 9.60. The van der Waals surface area contributed by atoms with Gasteiger partial charge in [0.1, 0.15) is 0 Å². The predicted molar refractivity (Wildman–Crippen MR) is 62.9 cm³/mol. The lowest BCUT2D eigenvalue weighted by Crippen LogP contribution is -2.34. The zero-order valence-corrected chi connectivity index (χ0v) is 9.60. The van der Waals surface area contributed by atoms with Crippen LogP contribution in [0, 0.1) is 22.7 Å². The molecule has 0 aliphatic carbocycles. The van der Waals surface area contributed by atoms with Crippen LogP contribution in [-0.2, 0) is 0 Å². The smallest absolute Gasteiger partial charge is 0.251 e. The van der Waals surface area contributed by atoms with Gasteiger partial charge < -0.3 is 5.32 Å². The molecule has 0 radical (unpaired) electrons. The number of hydrogen-bond donors (Lipinski definition) is 1. The van der Waals surface area contributed by atoms with Gasteiger partial charge in [0.25, 0.3) is 5.91 Å². The Labute approximate surface area is 100 Å². The molecular formula is C13H13N3O. The molecule has 4 nitrogen and oxygen atoms in total. The van der Waals surface area contributed by atoms with Crippen molar-refractivity contribution in [1.82, 2.24) is 5.32 Å². The Morgan fingerprint density at radius 3 is 2.82 bits per heavy atom. The summed E-state index contributed by atoms with van der Waals surface area (Å²) in [5.41, 5.74) is 0.895. The van der Waals surface area contributed by atoms with Gasteiger partial charge in [-0.2, -0.15) is 10.5 Å². The van der Waals surface area contributed by atoms with Gasteiger partial charge in [-0.1, -0.05) is 13.0 Å². The highest BCUT2D eigenvalue weighted by molar-refractivity contribution is 5.94. The van der Waals surface area contributed by atoms with Crippen LogP contribution in [-0.4, -0.2) is 11.9 Å². The highest BCUT2D eigenvalue weighted by atomic mass is 16.1. The Hall–Kier alpha value is -2.33. The van der Waals surface area contributed by atoms with Gasteiger partial charge in [0, 0.05) is 11.6 Å². The molecule has 4 heteroatoms. The average Bonchev–Trinajstić information content (AvgIpc) is 2.38. The van der Waals surface area contributed by atoms with E-state index in [4.69, 9.17) is 10.5 Å². The largest absolute Gasteiger partial charge is 0.348 e. The zero-order chi connectivity index (χ0) is 12.7. The second-order valence-electron chi connectivity index (χ2n) is 3.63.